The number of carbonyl (C=O) groups is 2. The highest BCUT2D eigenvalue weighted by Crippen LogP contribution is 2.20. The van der Waals surface area contributed by atoms with Gasteiger partial charge in [0, 0.05) is 14.1 Å². The average Bonchev–Trinajstić information content (AvgIpc) is 2.03. The number of hydrogen-bond acceptors (Lipinski definition) is 3. The molecule has 0 aromatic rings. The quantitative estimate of drug-likeness (QED) is 0.744. The zero-order valence-corrected chi connectivity index (χ0v) is 8.61. The summed E-state index contributed by atoms with van der Waals surface area (Å²) in [5, 5.41) is 8.06. The van der Waals surface area contributed by atoms with Crippen molar-refractivity contribution in [2.45, 2.75) is 5.92 Å². The van der Waals surface area contributed by atoms with Crippen LogP contribution in [-0.2, 0) is 9.59 Å². The molecule has 1 N–H and O–H groups in total. The molecular formula is C7H11F2NO3S. The summed E-state index contributed by atoms with van der Waals surface area (Å²) in [4.78, 5) is 22.1. The van der Waals surface area contributed by atoms with Crippen molar-refractivity contribution in [1.29, 1.82) is 0 Å². The minimum atomic E-state index is -3.77. The van der Waals surface area contributed by atoms with Crippen LogP contribution in [0.4, 0.5) is 8.78 Å². The third-order valence-electron chi connectivity index (χ3n) is 1.32. The number of rotatable bonds is 5. The van der Waals surface area contributed by atoms with Gasteiger partial charge in [0.1, 0.15) is 0 Å². The number of carboxylic acids is 1. The van der Waals surface area contributed by atoms with Crippen molar-refractivity contribution in [3.05, 3.63) is 0 Å². The summed E-state index contributed by atoms with van der Waals surface area (Å²) in [6.45, 7) is 0. The van der Waals surface area contributed by atoms with E-state index in [1.807, 2.05) is 0 Å². The summed E-state index contributed by atoms with van der Waals surface area (Å²) in [6, 6.07) is 0. The predicted octanol–water partition coefficient (Wildman–Crippen LogP) is 0.528. The van der Waals surface area contributed by atoms with Crippen LogP contribution in [0.15, 0.2) is 0 Å². The summed E-state index contributed by atoms with van der Waals surface area (Å²) in [7, 11) is 3.00. The SMILES string of the molecule is CN(C)C(=O)CSCC(F)(F)C(=O)O. The van der Waals surface area contributed by atoms with Gasteiger partial charge in [-0.25, -0.2) is 4.79 Å². The van der Waals surface area contributed by atoms with E-state index in [1.165, 1.54) is 19.0 Å². The largest absolute Gasteiger partial charge is 0.477 e. The van der Waals surface area contributed by atoms with Crippen molar-refractivity contribution in [2.75, 3.05) is 25.6 Å². The van der Waals surface area contributed by atoms with Gasteiger partial charge in [-0.3, -0.25) is 4.79 Å². The van der Waals surface area contributed by atoms with Gasteiger partial charge < -0.3 is 10.0 Å². The fourth-order valence-electron chi connectivity index (χ4n) is 0.457. The van der Waals surface area contributed by atoms with Crippen LogP contribution in [-0.4, -0.2) is 53.4 Å². The van der Waals surface area contributed by atoms with Gasteiger partial charge in [0.25, 0.3) is 0 Å². The van der Waals surface area contributed by atoms with Gasteiger partial charge in [-0.05, 0) is 0 Å². The van der Waals surface area contributed by atoms with Crippen molar-refractivity contribution in [3.63, 3.8) is 0 Å². The lowest BCUT2D eigenvalue weighted by Gasteiger charge is -2.12. The summed E-state index contributed by atoms with van der Waals surface area (Å²) in [5.41, 5.74) is 0. The van der Waals surface area contributed by atoms with Crippen molar-refractivity contribution in [1.82, 2.24) is 4.90 Å². The first-order valence-electron chi connectivity index (χ1n) is 3.66. The van der Waals surface area contributed by atoms with Crippen LogP contribution < -0.4 is 0 Å². The smallest absolute Gasteiger partial charge is 0.375 e. The second-order valence-corrected chi connectivity index (χ2v) is 3.78. The molecule has 1 amide bonds. The van der Waals surface area contributed by atoms with Gasteiger partial charge in [0.05, 0.1) is 11.5 Å². The van der Waals surface area contributed by atoms with E-state index in [9.17, 15) is 18.4 Å². The molecule has 0 saturated carbocycles. The molecular weight excluding hydrogens is 216 g/mol. The molecule has 0 rings (SSSR count). The van der Waals surface area contributed by atoms with Crippen molar-refractivity contribution in [2.24, 2.45) is 0 Å². The molecule has 0 unspecified atom stereocenters. The maximum atomic E-state index is 12.5. The summed E-state index contributed by atoms with van der Waals surface area (Å²) < 4.78 is 24.9. The number of alkyl halides is 2. The number of hydrogen-bond donors (Lipinski definition) is 1. The van der Waals surface area contributed by atoms with E-state index in [1.54, 1.807) is 0 Å². The normalized spacial score (nSPS) is 11.1. The molecule has 82 valence electrons. The van der Waals surface area contributed by atoms with Crippen LogP contribution in [0, 0.1) is 0 Å². The van der Waals surface area contributed by atoms with Gasteiger partial charge in [-0.2, -0.15) is 8.78 Å². The third kappa shape index (κ3) is 4.40. The lowest BCUT2D eigenvalue weighted by atomic mass is 10.4. The summed E-state index contributed by atoms with van der Waals surface area (Å²) >= 11 is 0.603. The van der Waals surface area contributed by atoms with Gasteiger partial charge in [0.2, 0.25) is 5.91 Å². The second kappa shape index (κ2) is 5.14. The van der Waals surface area contributed by atoms with Crippen molar-refractivity contribution in [3.8, 4) is 0 Å². The number of nitrogens with zero attached hydrogens (tertiary/aromatic N) is 1. The zero-order chi connectivity index (χ0) is 11.4. The van der Waals surface area contributed by atoms with E-state index in [0.29, 0.717) is 11.8 Å². The van der Waals surface area contributed by atoms with Crippen LogP contribution >= 0.6 is 11.8 Å². The monoisotopic (exact) mass is 227 g/mol. The molecule has 0 aromatic carbocycles. The number of aliphatic carboxylic acids is 1. The first-order chi connectivity index (χ1) is 6.27. The van der Waals surface area contributed by atoms with E-state index < -0.39 is 17.6 Å². The topological polar surface area (TPSA) is 57.6 Å². The van der Waals surface area contributed by atoms with E-state index in [4.69, 9.17) is 5.11 Å². The van der Waals surface area contributed by atoms with Crippen LogP contribution in [0.2, 0.25) is 0 Å². The minimum absolute atomic E-state index is 0.143. The fourth-order valence-corrected chi connectivity index (χ4v) is 1.37. The number of thioether (sulfide) groups is 1. The van der Waals surface area contributed by atoms with Crippen molar-refractivity contribution >= 4 is 23.6 Å². The molecule has 0 atom stereocenters. The molecule has 0 aromatic heterocycles. The molecule has 0 saturated heterocycles. The Kier molecular flexibility index (Phi) is 4.82. The van der Waals surface area contributed by atoms with Crippen LogP contribution in [0.3, 0.4) is 0 Å². The van der Waals surface area contributed by atoms with E-state index in [2.05, 4.69) is 0 Å². The van der Waals surface area contributed by atoms with Gasteiger partial charge in [-0.15, -0.1) is 11.8 Å². The molecule has 7 heteroatoms. The minimum Gasteiger partial charge on any atom is -0.477 e. The maximum Gasteiger partial charge on any atom is 0.375 e. The molecule has 0 bridgehead atoms. The fraction of sp³-hybridized carbons (Fsp3) is 0.714. The Morgan fingerprint density at radius 2 is 1.93 bits per heavy atom. The molecule has 0 aliphatic rings. The summed E-state index contributed by atoms with van der Waals surface area (Å²) in [6.07, 6.45) is 0. The van der Waals surface area contributed by atoms with Gasteiger partial charge in [0.15, 0.2) is 0 Å². The second-order valence-electron chi connectivity index (χ2n) is 2.79. The molecule has 4 nitrogen and oxygen atoms in total. The standard InChI is InChI=1S/C7H11F2NO3S/c1-10(2)5(11)3-14-4-7(8,9)6(12)13/h3-4H2,1-2H3,(H,12,13). The average molecular weight is 227 g/mol. The Morgan fingerprint density at radius 3 is 2.29 bits per heavy atom. The highest BCUT2D eigenvalue weighted by molar-refractivity contribution is 8.00. The first-order valence-corrected chi connectivity index (χ1v) is 4.82. The van der Waals surface area contributed by atoms with E-state index in [-0.39, 0.29) is 11.7 Å². The summed E-state index contributed by atoms with van der Waals surface area (Å²) in [5.74, 6) is -7.28. The molecule has 0 fully saturated rings. The predicted molar refractivity (Wildman–Crippen MR) is 48.6 cm³/mol. The Morgan fingerprint density at radius 1 is 1.43 bits per heavy atom. The van der Waals surface area contributed by atoms with E-state index in [0.717, 1.165) is 0 Å². The highest BCUT2D eigenvalue weighted by atomic mass is 32.2. The van der Waals surface area contributed by atoms with E-state index >= 15 is 0 Å². The number of amides is 1. The number of halogens is 2. The lowest BCUT2D eigenvalue weighted by Crippen LogP contribution is -2.32. The Balaban J connectivity index is 3.85. The zero-order valence-electron chi connectivity index (χ0n) is 7.79. The van der Waals surface area contributed by atoms with Crippen molar-refractivity contribution < 1.29 is 23.5 Å². The van der Waals surface area contributed by atoms with Crippen LogP contribution in [0.25, 0.3) is 0 Å². The number of carboxylic acid groups (broad SMARTS) is 1. The Hall–Kier alpha value is -0.850. The van der Waals surface area contributed by atoms with Crippen LogP contribution in [0.1, 0.15) is 0 Å². The molecule has 0 heterocycles. The molecule has 0 spiro atoms. The van der Waals surface area contributed by atoms with Gasteiger partial charge in [-0.1, -0.05) is 0 Å². The molecule has 0 radical (unpaired) electrons. The molecule has 0 aliphatic heterocycles. The molecule has 14 heavy (non-hydrogen) atoms. The first kappa shape index (κ1) is 13.2. The number of carbonyl (C=O) groups excluding carboxylic acids is 1. The van der Waals surface area contributed by atoms with Crippen LogP contribution in [0.5, 0.6) is 0 Å². The third-order valence-corrected chi connectivity index (χ3v) is 2.34. The lowest BCUT2D eigenvalue weighted by molar-refractivity contribution is -0.161. The maximum absolute atomic E-state index is 12.5. The Bertz CT molecular complexity index is 233. The Labute approximate surface area is 84.3 Å². The highest BCUT2D eigenvalue weighted by Gasteiger charge is 2.38. The van der Waals surface area contributed by atoms with Gasteiger partial charge >= 0.3 is 11.9 Å². The molecule has 0 aliphatic carbocycles.